The van der Waals surface area contributed by atoms with E-state index in [0.717, 1.165) is 5.69 Å². The Bertz CT molecular complexity index is 481. The van der Waals surface area contributed by atoms with Gasteiger partial charge in [0, 0.05) is 43.9 Å². The average Bonchev–Trinajstić information content (AvgIpc) is 2.46. The van der Waals surface area contributed by atoms with Crippen molar-refractivity contribution in [3.63, 3.8) is 0 Å². The van der Waals surface area contributed by atoms with Gasteiger partial charge in [0.2, 0.25) is 0 Å². The van der Waals surface area contributed by atoms with Gasteiger partial charge in [-0.3, -0.25) is 4.79 Å². The van der Waals surface area contributed by atoms with Gasteiger partial charge in [-0.25, -0.2) is 4.98 Å². The zero-order valence-electron chi connectivity index (χ0n) is 14.0. The van der Waals surface area contributed by atoms with E-state index in [1.165, 1.54) is 0 Å². The standard InChI is InChI=1S/C16H27N3O2/c1-7-19(8-9-21-6)15(20)12-10-13(16(2,3)4)18-14(11-12)17-5/h10-11H,7-9H2,1-6H3,(H,17,18). The molecule has 0 unspecified atom stereocenters. The van der Waals surface area contributed by atoms with Crippen molar-refractivity contribution in [2.75, 3.05) is 39.2 Å². The van der Waals surface area contributed by atoms with Gasteiger partial charge in [0.05, 0.1) is 6.61 Å². The predicted molar refractivity (Wildman–Crippen MR) is 85.9 cm³/mol. The lowest BCUT2D eigenvalue weighted by Crippen LogP contribution is -2.34. The molecule has 21 heavy (non-hydrogen) atoms. The lowest BCUT2D eigenvalue weighted by molar-refractivity contribution is 0.0706. The summed E-state index contributed by atoms with van der Waals surface area (Å²) >= 11 is 0. The fraction of sp³-hybridized carbons (Fsp3) is 0.625. The first-order valence-electron chi connectivity index (χ1n) is 7.32. The Morgan fingerprint density at radius 1 is 1.38 bits per heavy atom. The van der Waals surface area contributed by atoms with Crippen molar-refractivity contribution in [1.82, 2.24) is 9.88 Å². The molecule has 0 aliphatic rings. The van der Waals surface area contributed by atoms with Crippen LogP contribution in [0.25, 0.3) is 0 Å². The molecule has 1 amide bonds. The van der Waals surface area contributed by atoms with Crippen LogP contribution in [0, 0.1) is 0 Å². The Morgan fingerprint density at radius 3 is 2.52 bits per heavy atom. The number of pyridine rings is 1. The van der Waals surface area contributed by atoms with Crippen LogP contribution in [0.1, 0.15) is 43.7 Å². The molecule has 0 aliphatic carbocycles. The van der Waals surface area contributed by atoms with Gasteiger partial charge in [-0.2, -0.15) is 0 Å². The Labute approximate surface area is 127 Å². The van der Waals surface area contributed by atoms with Crippen molar-refractivity contribution >= 4 is 11.7 Å². The number of hydrogen-bond acceptors (Lipinski definition) is 4. The third-order valence-corrected chi connectivity index (χ3v) is 3.33. The van der Waals surface area contributed by atoms with Gasteiger partial charge in [-0.05, 0) is 19.1 Å². The first kappa shape index (κ1) is 17.4. The van der Waals surface area contributed by atoms with E-state index in [9.17, 15) is 4.79 Å². The molecule has 0 fully saturated rings. The summed E-state index contributed by atoms with van der Waals surface area (Å²) in [7, 11) is 3.45. The second-order valence-electron chi connectivity index (χ2n) is 6.00. The third kappa shape index (κ3) is 4.70. The summed E-state index contributed by atoms with van der Waals surface area (Å²) in [5, 5.41) is 3.03. The number of rotatable bonds is 6. The van der Waals surface area contributed by atoms with Crippen LogP contribution >= 0.6 is 0 Å². The largest absolute Gasteiger partial charge is 0.383 e. The number of ether oxygens (including phenoxy) is 1. The maximum absolute atomic E-state index is 12.6. The molecule has 1 N–H and O–H groups in total. The van der Waals surface area contributed by atoms with Crippen LogP contribution in [0.15, 0.2) is 12.1 Å². The first-order valence-corrected chi connectivity index (χ1v) is 7.32. The average molecular weight is 293 g/mol. The molecule has 5 nitrogen and oxygen atoms in total. The van der Waals surface area contributed by atoms with Crippen molar-refractivity contribution in [1.29, 1.82) is 0 Å². The van der Waals surface area contributed by atoms with E-state index in [2.05, 4.69) is 31.1 Å². The fourth-order valence-electron chi connectivity index (χ4n) is 1.95. The molecule has 0 radical (unpaired) electrons. The number of methoxy groups -OCH3 is 1. The molecule has 0 aromatic carbocycles. The van der Waals surface area contributed by atoms with E-state index >= 15 is 0 Å². The number of hydrogen-bond donors (Lipinski definition) is 1. The molecule has 1 heterocycles. The second-order valence-corrected chi connectivity index (χ2v) is 6.00. The van der Waals surface area contributed by atoms with E-state index in [1.54, 1.807) is 18.1 Å². The smallest absolute Gasteiger partial charge is 0.254 e. The number of aromatic nitrogens is 1. The van der Waals surface area contributed by atoms with Crippen LogP contribution in [0.2, 0.25) is 0 Å². The third-order valence-electron chi connectivity index (χ3n) is 3.33. The number of carbonyl (C=O) groups excluding carboxylic acids is 1. The van der Waals surface area contributed by atoms with Crippen molar-refractivity contribution in [2.45, 2.75) is 33.1 Å². The Hall–Kier alpha value is -1.62. The Morgan fingerprint density at radius 2 is 2.05 bits per heavy atom. The Balaban J connectivity index is 3.13. The maximum atomic E-state index is 12.6. The van der Waals surface area contributed by atoms with Crippen LogP contribution in [-0.2, 0) is 10.2 Å². The summed E-state index contributed by atoms with van der Waals surface area (Å²) in [6.45, 7) is 10.0. The summed E-state index contributed by atoms with van der Waals surface area (Å²) < 4.78 is 5.06. The summed E-state index contributed by atoms with van der Waals surface area (Å²) in [6, 6.07) is 3.69. The van der Waals surface area contributed by atoms with E-state index in [1.807, 2.05) is 20.0 Å². The highest BCUT2D eigenvalue weighted by atomic mass is 16.5. The Kier molecular flexibility index (Phi) is 6.15. The minimum absolute atomic E-state index is 0.0129. The fourth-order valence-corrected chi connectivity index (χ4v) is 1.95. The van der Waals surface area contributed by atoms with Gasteiger partial charge in [0.25, 0.3) is 5.91 Å². The summed E-state index contributed by atoms with van der Waals surface area (Å²) in [4.78, 5) is 19.0. The number of likely N-dealkylation sites (N-methyl/N-ethyl adjacent to an activating group) is 1. The van der Waals surface area contributed by atoms with E-state index in [4.69, 9.17) is 4.74 Å². The van der Waals surface area contributed by atoms with Crippen LogP contribution < -0.4 is 5.32 Å². The second kappa shape index (κ2) is 7.41. The molecule has 0 saturated carbocycles. The van der Waals surface area contributed by atoms with Gasteiger partial charge in [0.15, 0.2) is 0 Å². The zero-order valence-corrected chi connectivity index (χ0v) is 14.0. The number of anilines is 1. The summed E-state index contributed by atoms with van der Waals surface area (Å²) in [6.07, 6.45) is 0. The first-order chi connectivity index (χ1) is 9.83. The van der Waals surface area contributed by atoms with Gasteiger partial charge < -0.3 is 15.0 Å². The molecule has 1 aromatic heterocycles. The highest BCUT2D eigenvalue weighted by Crippen LogP contribution is 2.24. The van der Waals surface area contributed by atoms with Gasteiger partial charge in [-0.1, -0.05) is 20.8 Å². The quantitative estimate of drug-likeness (QED) is 0.875. The molecule has 5 heteroatoms. The molecule has 118 valence electrons. The van der Waals surface area contributed by atoms with Crippen LogP contribution in [0.5, 0.6) is 0 Å². The van der Waals surface area contributed by atoms with E-state index < -0.39 is 0 Å². The normalized spacial score (nSPS) is 11.3. The van der Waals surface area contributed by atoms with Crippen molar-refractivity contribution in [3.8, 4) is 0 Å². The lowest BCUT2D eigenvalue weighted by atomic mass is 9.90. The molecular weight excluding hydrogens is 266 g/mol. The van der Waals surface area contributed by atoms with Gasteiger partial charge in [0.1, 0.15) is 5.82 Å². The minimum Gasteiger partial charge on any atom is -0.383 e. The SMILES string of the molecule is CCN(CCOC)C(=O)c1cc(NC)nc(C(C)(C)C)c1. The van der Waals surface area contributed by atoms with Crippen LogP contribution in [0.4, 0.5) is 5.82 Å². The molecule has 0 atom stereocenters. The highest BCUT2D eigenvalue weighted by molar-refractivity contribution is 5.95. The van der Waals surface area contributed by atoms with Crippen molar-refractivity contribution in [2.24, 2.45) is 0 Å². The molecular formula is C16H27N3O2. The molecule has 1 rings (SSSR count). The lowest BCUT2D eigenvalue weighted by Gasteiger charge is -2.23. The zero-order chi connectivity index (χ0) is 16.0. The van der Waals surface area contributed by atoms with E-state index in [-0.39, 0.29) is 11.3 Å². The topological polar surface area (TPSA) is 54.5 Å². The minimum atomic E-state index is -0.106. The summed E-state index contributed by atoms with van der Waals surface area (Å²) in [5.41, 5.74) is 1.46. The molecule has 0 bridgehead atoms. The van der Waals surface area contributed by atoms with Gasteiger partial charge in [-0.15, -0.1) is 0 Å². The van der Waals surface area contributed by atoms with Gasteiger partial charge >= 0.3 is 0 Å². The number of carbonyl (C=O) groups is 1. The molecule has 0 aliphatic heterocycles. The maximum Gasteiger partial charge on any atom is 0.254 e. The number of nitrogens with zero attached hydrogens (tertiary/aromatic N) is 2. The molecule has 0 saturated heterocycles. The number of amides is 1. The summed E-state index contributed by atoms with van der Waals surface area (Å²) in [5.74, 6) is 0.729. The predicted octanol–water partition coefficient (Wildman–Crippen LogP) is 2.53. The van der Waals surface area contributed by atoms with Crippen molar-refractivity contribution < 1.29 is 9.53 Å². The van der Waals surface area contributed by atoms with Crippen LogP contribution in [0.3, 0.4) is 0 Å². The highest BCUT2D eigenvalue weighted by Gasteiger charge is 2.21. The molecule has 1 aromatic rings. The number of nitrogens with one attached hydrogen (secondary N) is 1. The van der Waals surface area contributed by atoms with Crippen molar-refractivity contribution in [3.05, 3.63) is 23.4 Å². The van der Waals surface area contributed by atoms with E-state index in [0.29, 0.717) is 31.1 Å². The van der Waals surface area contributed by atoms with Crippen LogP contribution in [-0.4, -0.2) is 49.6 Å². The monoisotopic (exact) mass is 293 g/mol. The molecule has 0 spiro atoms.